The lowest BCUT2D eigenvalue weighted by atomic mass is 9.77. The number of hydrogen-bond donors (Lipinski definition) is 4. The number of aliphatic hydroxyl groups is 3. The summed E-state index contributed by atoms with van der Waals surface area (Å²) in [4.78, 5) is 28.7. The number of rotatable bonds is 12. The molecule has 0 saturated heterocycles. The smallest absolute Gasteiger partial charge is 0.247 e. The van der Waals surface area contributed by atoms with Crippen LogP contribution >= 0.6 is 0 Å². The summed E-state index contributed by atoms with van der Waals surface area (Å²) in [7, 11) is 3.08. The van der Waals surface area contributed by atoms with Gasteiger partial charge >= 0.3 is 0 Å². The monoisotopic (exact) mass is 568 g/mol. The molecule has 0 saturated carbocycles. The SMILES string of the molecule is COc1cccc(CCN(C(=O)CC(C)C)C2C=C(C(=O)NCCO)C3c4cc(CO)cc(OC)c4OC3C2O)c1. The molecule has 1 aliphatic carbocycles. The van der Waals surface area contributed by atoms with Crippen molar-refractivity contribution in [1.29, 1.82) is 0 Å². The number of nitrogens with zero attached hydrogens (tertiary/aromatic N) is 1. The summed E-state index contributed by atoms with van der Waals surface area (Å²) in [5, 5.41) is 33.7. The zero-order valence-electron chi connectivity index (χ0n) is 24.0. The maximum absolute atomic E-state index is 13.6. The van der Waals surface area contributed by atoms with E-state index < -0.39 is 30.1 Å². The van der Waals surface area contributed by atoms with Crippen LogP contribution in [0, 0.1) is 5.92 Å². The van der Waals surface area contributed by atoms with E-state index in [2.05, 4.69) is 5.32 Å². The first-order valence-electron chi connectivity index (χ1n) is 13.9. The van der Waals surface area contributed by atoms with Gasteiger partial charge in [-0.15, -0.1) is 0 Å². The minimum atomic E-state index is -1.16. The maximum Gasteiger partial charge on any atom is 0.247 e. The molecule has 10 nitrogen and oxygen atoms in total. The standard InChI is InChI=1S/C31H40N2O8/c1-18(2)12-26(36)33(10-8-19-6-5-7-21(13-19)39-3)24-16-23(31(38)32-9-11-34)27-22-14-20(17-35)15-25(40-4)29(22)41-30(27)28(24)37/h5-7,13-16,18,24,27-28,30,34-35,37H,8-12,17H2,1-4H3,(H,32,38). The largest absolute Gasteiger partial charge is 0.497 e. The van der Waals surface area contributed by atoms with Gasteiger partial charge in [0.25, 0.3) is 0 Å². The van der Waals surface area contributed by atoms with Crippen molar-refractivity contribution in [2.24, 2.45) is 5.92 Å². The first-order valence-corrected chi connectivity index (χ1v) is 13.9. The Hall–Kier alpha value is -3.60. The van der Waals surface area contributed by atoms with Crippen LogP contribution in [0.4, 0.5) is 0 Å². The first-order chi connectivity index (χ1) is 19.7. The third-order valence-electron chi connectivity index (χ3n) is 7.53. The van der Waals surface area contributed by atoms with E-state index in [1.54, 1.807) is 30.2 Å². The summed E-state index contributed by atoms with van der Waals surface area (Å²) in [5.41, 5.74) is 2.46. The van der Waals surface area contributed by atoms with E-state index >= 15 is 0 Å². The van der Waals surface area contributed by atoms with Crippen molar-refractivity contribution in [3.05, 3.63) is 64.7 Å². The van der Waals surface area contributed by atoms with Crippen LogP contribution in [0.1, 0.15) is 42.9 Å². The van der Waals surface area contributed by atoms with Crippen molar-refractivity contribution in [2.75, 3.05) is 33.9 Å². The molecule has 4 N–H and O–H groups in total. The lowest BCUT2D eigenvalue weighted by Crippen LogP contribution is -2.56. The van der Waals surface area contributed by atoms with Crippen molar-refractivity contribution in [3.63, 3.8) is 0 Å². The molecule has 2 aromatic rings. The number of fused-ring (bicyclic) bond motifs is 3. The number of ether oxygens (including phenoxy) is 3. The zero-order valence-corrected chi connectivity index (χ0v) is 24.0. The number of benzene rings is 2. The van der Waals surface area contributed by atoms with Crippen molar-refractivity contribution >= 4 is 11.8 Å². The molecule has 4 unspecified atom stereocenters. The molecular formula is C31H40N2O8. The van der Waals surface area contributed by atoms with E-state index in [-0.39, 0.29) is 38.0 Å². The number of methoxy groups -OCH3 is 2. The number of hydrogen-bond acceptors (Lipinski definition) is 8. The second kappa shape index (κ2) is 13.4. The third-order valence-corrected chi connectivity index (χ3v) is 7.53. The molecule has 0 spiro atoms. The van der Waals surface area contributed by atoms with Gasteiger partial charge in [-0.05, 0) is 53.8 Å². The average Bonchev–Trinajstić information content (AvgIpc) is 3.36. The highest BCUT2D eigenvalue weighted by molar-refractivity contribution is 5.96. The van der Waals surface area contributed by atoms with Crippen LogP contribution in [0.15, 0.2) is 48.0 Å². The predicted molar refractivity (Wildman–Crippen MR) is 152 cm³/mol. The first kappa shape index (κ1) is 30.4. The van der Waals surface area contributed by atoms with Gasteiger partial charge in [0, 0.05) is 30.6 Å². The Morgan fingerprint density at radius 2 is 1.88 bits per heavy atom. The second-order valence-corrected chi connectivity index (χ2v) is 10.8. The quantitative estimate of drug-likeness (QED) is 0.305. The Morgan fingerprint density at radius 1 is 1.10 bits per heavy atom. The van der Waals surface area contributed by atoms with Gasteiger partial charge in [0.15, 0.2) is 11.5 Å². The summed E-state index contributed by atoms with van der Waals surface area (Å²) in [6.45, 7) is 3.76. The summed E-state index contributed by atoms with van der Waals surface area (Å²) < 4.78 is 17.1. The van der Waals surface area contributed by atoms with Crippen LogP contribution in [-0.4, -0.2) is 84.2 Å². The normalized spacial score (nSPS) is 20.9. The highest BCUT2D eigenvalue weighted by Crippen LogP contribution is 2.51. The van der Waals surface area contributed by atoms with Crippen molar-refractivity contribution < 1.29 is 39.1 Å². The molecule has 2 amide bonds. The van der Waals surface area contributed by atoms with Gasteiger partial charge < -0.3 is 39.7 Å². The van der Waals surface area contributed by atoms with Crippen LogP contribution in [0.2, 0.25) is 0 Å². The number of carbonyl (C=O) groups excluding carboxylic acids is 2. The molecule has 0 fully saturated rings. The molecule has 0 aromatic heterocycles. The van der Waals surface area contributed by atoms with Crippen LogP contribution in [0.25, 0.3) is 0 Å². The fourth-order valence-electron chi connectivity index (χ4n) is 5.60. The van der Waals surface area contributed by atoms with Crippen molar-refractivity contribution in [2.45, 2.75) is 57.5 Å². The summed E-state index contributed by atoms with van der Waals surface area (Å²) in [6.07, 6.45) is 0.380. The predicted octanol–water partition coefficient (Wildman–Crippen LogP) is 1.94. The van der Waals surface area contributed by atoms with Gasteiger partial charge in [0.2, 0.25) is 11.8 Å². The second-order valence-electron chi connectivity index (χ2n) is 10.8. The number of carbonyl (C=O) groups is 2. The molecular weight excluding hydrogens is 528 g/mol. The fourth-order valence-corrected chi connectivity index (χ4v) is 5.60. The lowest BCUT2D eigenvalue weighted by Gasteiger charge is -2.41. The minimum Gasteiger partial charge on any atom is -0.497 e. The van der Waals surface area contributed by atoms with E-state index in [4.69, 9.17) is 14.2 Å². The fraction of sp³-hybridized carbons (Fsp3) is 0.484. The Kier molecular flexibility index (Phi) is 9.90. The highest BCUT2D eigenvalue weighted by atomic mass is 16.5. The topological polar surface area (TPSA) is 138 Å². The molecule has 222 valence electrons. The summed E-state index contributed by atoms with van der Waals surface area (Å²) >= 11 is 0. The van der Waals surface area contributed by atoms with E-state index in [1.165, 1.54) is 7.11 Å². The molecule has 0 radical (unpaired) electrons. The molecule has 4 atom stereocenters. The number of aliphatic hydroxyl groups excluding tert-OH is 3. The Labute approximate surface area is 240 Å². The molecule has 1 aliphatic heterocycles. The lowest BCUT2D eigenvalue weighted by molar-refractivity contribution is -0.137. The van der Waals surface area contributed by atoms with Gasteiger partial charge in [0.05, 0.1) is 39.4 Å². The zero-order chi connectivity index (χ0) is 29.7. The average molecular weight is 569 g/mol. The Bertz CT molecular complexity index is 1280. The van der Waals surface area contributed by atoms with Crippen molar-refractivity contribution in [1.82, 2.24) is 10.2 Å². The molecule has 4 rings (SSSR count). The van der Waals surface area contributed by atoms with Gasteiger partial charge in [-0.1, -0.05) is 26.0 Å². The van der Waals surface area contributed by atoms with Gasteiger partial charge in [-0.3, -0.25) is 9.59 Å². The Balaban J connectivity index is 1.76. The van der Waals surface area contributed by atoms with Gasteiger partial charge in [0.1, 0.15) is 18.0 Å². The molecule has 2 aliphatic rings. The molecule has 1 heterocycles. The van der Waals surface area contributed by atoms with Crippen molar-refractivity contribution in [3.8, 4) is 17.2 Å². The highest BCUT2D eigenvalue weighted by Gasteiger charge is 2.51. The van der Waals surface area contributed by atoms with Crippen LogP contribution < -0.4 is 19.5 Å². The minimum absolute atomic E-state index is 0.0420. The molecule has 0 bridgehead atoms. The third kappa shape index (κ3) is 6.50. The summed E-state index contributed by atoms with van der Waals surface area (Å²) in [6, 6.07) is 10.1. The molecule has 41 heavy (non-hydrogen) atoms. The van der Waals surface area contributed by atoms with Crippen LogP contribution in [0.5, 0.6) is 17.2 Å². The van der Waals surface area contributed by atoms with Gasteiger partial charge in [-0.2, -0.15) is 0 Å². The van der Waals surface area contributed by atoms with Crippen LogP contribution in [0.3, 0.4) is 0 Å². The van der Waals surface area contributed by atoms with E-state index in [0.717, 1.165) is 5.56 Å². The number of amides is 2. The summed E-state index contributed by atoms with van der Waals surface area (Å²) in [5.74, 6) is 0.309. The Morgan fingerprint density at radius 3 is 2.54 bits per heavy atom. The van der Waals surface area contributed by atoms with Gasteiger partial charge in [-0.25, -0.2) is 0 Å². The van der Waals surface area contributed by atoms with E-state index in [1.807, 2.05) is 38.1 Å². The molecule has 2 aromatic carbocycles. The van der Waals surface area contributed by atoms with Crippen LogP contribution in [-0.2, 0) is 22.6 Å². The van der Waals surface area contributed by atoms with E-state index in [9.17, 15) is 24.9 Å². The maximum atomic E-state index is 13.6. The van der Waals surface area contributed by atoms with E-state index in [0.29, 0.717) is 46.9 Å². The molecule has 10 heteroatoms. The number of nitrogens with one attached hydrogen (secondary N) is 1.